The number of amides is 2. The van der Waals surface area contributed by atoms with Crippen molar-refractivity contribution in [2.75, 3.05) is 12.0 Å². The molecule has 30 heavy (non-hydrogen) atoms. The summed E-state index contributed by atoms with van der Waals surface area (Å²) in [5.74, 6) is -0.911. The number of fused-ring (bicyclic) bond motifs is 2. The Morgan fingerprint density at radius 1 is 1.00 bits per heavy atom. The number of imide groups is 1. The van der Waals surface area contributed by atoms with Crippen LogP contribution in [0.25, 0.3) is 0 Å². The molecule has 0 saturated carbocycles. The molecule has 1 N–H and O–H groups in total. The van der Waals surface area contributed by atoms with Crippen molar-refractivity contribution in [3.63, 3.8) is 0 Å². The maximum atomic E-state index is 13.6. The van der Waals surface area contributed by atoms with E-state index in [1.807, 2.05) is 43.3 Å². The number of benzene rings is 2. The number of nitrogens with one attached hydrogen (secondary N) is 1. The molecule has 2 aliphatic rings. The van der Waals surface area contributed by atoms with Crippen LogP contribution < -0.4 is 14.5 Å². The summed E-state index contributed by atoms with van der Waals surface area (Å²) < 4.78 is 5.56. The number of hydrogen-bond donors (Lipinski definition) is 1. The van der Waals surface area contributed by atoms with Crippen LogP contribution in [-0.4, -0.2) is 29.2 Å². The van der Waals surface area contributed by atoms with Gasteiger partial charge in [0.2, 0.25) is 11.8 Å². The van der Waals surface area contributed by atoms with E-state index >= 15 is 0 Å². The fourth-order valence-corrected chi connectivity index (χ4v) is 6.73. The van der Waals surface area contributed by atoms with Gasteiger partial charge in [-0.15, -0.1) is 0 Å². The zero-order valence-electron chi connectivity index (χ0n) is 16.2. The quantitative estimate of drug-likeness (QED) is 0.633. The Bertz CT molecular complexity index is 1210. The molecule has 5 rings (SSSR count). The number of nitrogens with zero attached hydrogens (tertiary/aromatic N) is 1. The standard InChI is InChI=1S/C22H18N2O4S2/c1-11-7-9-12(10-8-11)24-20(25)16-15(13-5-3-4-6-14(13)28-2)17-19(23-22(27)30-17)29-18(16)21(24)26/h3-10,15-16,18H,1-2H3,(H,23,27)/t15-,16?,18?/m1/s1. The Balaban J connectivity index is 1.67. The molecule has 2 aromatic carbocycles. The Kier molecular flexibility index (Phi) is 4.56. The molecule has 0 bridgehead atoms. The van der Waals surface area contributed by atoms with Crippen molar-refractivity contribution < 1.29 is 14.3 Å². The molecule has 2 amide bonds. The Morgan fingerprint density at radius 2 is 1.73 bits per heavy atom. The van der Waals surface area contributed by atoms with Crippen LogP contribution in [0.15, 0.2) is 58.4 Å². The summed E-state index contributed by atoms with van der Waals surface area (Å²) in [6.45, 7) is 1.96. The van der Waals surface area contributed by atoms with E-state index in [4.69, 9.17) is 4.74 Å². The Labute approximate surface area is 180 Å². The molecule has 1 saturated heterocycles. The number of para-hydroxylation sites is 1. The highest BCUT2D eigenvalue weighted by molar-refractivity contribution is 8.00. The van der Waals surface area contributed by atoms with Crippen molar-refractivity contribution in [3.8, 4) is 5.75 Å². The van der Waals surface area contributed by atoms with E-state index in [2.05, 4.69) is 4.98 Å². The van der Waals surface area contributed by atoms with E-state index in [9.17, 15) is 14.4 Å². The maximum absolute atomic E-state index is 13.6. The minimum absolute atomic E-state index is 0.192. The van der Waals surface area contributed by atoms with Crippen LogP contribution in [0.4, 0.5) is 5.69 Å². The highest BCUT2D eigenvalue weighted by atomic mass is 32.2. The first-order valence-electron chi connectivity index (χ1n) is 9.46. The van der Waals surface area contributed by atoms with Crippen LogP contribution in [0, 0.1) is 12.8 Å². The molecule has 8 heteroatoms. The van der Waals surface area contributed by atoms with Crippen molar-refractivity contribution in [2.24, 2.45) is 5.92 Å². The number of carbonyl (C=O) groups excluding carboxylic acids is 2. The van der Waals surface area contributed by atoms with Crippen LogP contribution in [0.2, 0.25) is 0 Å². The molecule has 2 aliphatic heterocycles. The molecule has 1 fully saturated rings. The number of hydrogen-bond acceptors (Lipinski definition) is 6. The van der Waals surface area contributed by atoms with Gasteiger partial charge in [0.15, 0.2) is 0 Å². The first kappa shape index (κ1) is 19.1. The lowest BCUT2D eigenvalue weighted by Gasteiger charge is -2.30. The van der Waals surface area contributed by atoms with Gasteiger partial charge in [-0.25, -0.2) is 4.90 Å². The van der Waals surface area contributed by atoms with Crippen molar-refractivity contribution >= 4 is 40.6 Å². The van der Waals surface area contributed by atoms with Gasteiger partial charge < -0.3 is 9.72 Å². The van der Waals surface area contributed by atoms with Gasteiger partial charge in [-0.2, -0.15) is 0 Å². The average Bonchev–Trinajstić information content (AvgIpc) is 3.24. The van der Waals surface area contributed by atoms with E-state index in [-0.39, 0.29) is 16.7 Å². The van der Waals surface area contributed by atoms with E-state index in [0.717, 1.165) is 27.3 Å². The largest absolute Gasteiger partial charge is 0.496 e. The van der Waals surface area contributed by atoms with Gasteiger partial charge in [0.05, 0.1) is 23.7 Å². The molecular weight excluding hydrogens is 420 g/mol. The van der Waals surface area contributed by atoms with Crippen LogP contribution in [0.3, 0.4) is 0 Å². The lowest BCUT2D eigenvalue weighted by molar-refractivity contribution is -0.122. The van der Waals surface area contributed by atoms with Gasteiger partial charge in [-0.1, -0.05) is 59.0 Å². The first-order chi connectivity index (χ1) is 14.5. The molecule has 0 aliphatic carbocycles. The third kappa shape index (κ3) is 2.82. The van der Waals surface area contributed by atoms with Gasteiger partial charge in [-0.05, 0) is 25.1 Å². The van der Waals surface area contributed by atoms with Crippen molar-refractivity contribution in [1.82, 2.24) is 4.98 Å². The zero-order valence-corrected chi connectivity index (χ0v) is 17.9. The van der Waals surface area contributed by atoms with Crippen molar-refractivity contribution in [2.45, 2.75) is 23.1 Å². The number of rotatable bonds is 3. The molecular formula is C22H18N2O4S2. The number of methoxy groups -OCH3 is 1. The van der Waals surface area contributed by atoms with Gasteiger partial charge >= 0.3 is 4.87 Å². The molecule has 6 nitrogen and oxygen atoms in total. The van der Waals surface area contributed by atoms with E-state index in [1.54, 1.807) is 19.2 Å². The summed E-state index contributed by atoms with van der Waals surface area (Å²) in [4.78, 5) is 43.8. The lowest BCUT2D eigenvalue weighted by atomic mass is 9.82. The number of aromatic amines is 1. The summed E-state index contributed by atoms with van der Waals surface area (Å²) in [6.07, 6.45) is 0. The van der Waals surface area contributed by atoms with E-state index in [0.29, 0.717) is 16.5 Å². The maximum Gasteiger partial charge on any atom is 0.305 e. The zero-order chi connectivity index (χ0) is 21.0. The third-order valence-electron chi connectivity index (χ3n) is 5.59. The fourth-order valence-electron chi connectivity index (χ4n) is 4.22. The molecule has 3 heterocycles. The Hall–Kier alpha value is -2.84. The fraction of sp³-hybridized carbons (Fsp3) is 0.227. The van der Waals surface area contributed by atoms with E-state index in [1.165, 1.54) is 16.7 Å². The molecule has 0 spiro atoms. The highest BCUT2D eigenvalue weighted by Crippen LogP contribution is 2.54. The summed E-state index contributed by atoms with van der Waals surface area (Å²) >= 11 is 2.37. The minimum Gasteiger partial charge on any atom is -0.496 e. The summed E-state index contributed by atoms with van der Waals surface area (Å²) in [5.41, 5.74) is 2.43. The number of thioether (sulfide) groups is 1. The molecule has 2 unspecified atom stereocenters. The van der Waals surface area contributed by atoms with Gasteiger partial charge in [-0.3, -0.25) is 14.4 Å². The molecule has 0 radical (unpaired) electrons. The highest BCUT2D eigenvalue weighted by Gasteiger charge is 2.56. The van der Waals surface area contributed by atoms with E-state index < -0.39 is 17.1 Å². The SMILES string of the molecule is COc1ccccc1[C@H]1c2sc(=O)[nH]c2SC2C(=O)N(c3ccc(C)cc3)C(=O)C21. The second-order valence-corrected chi connectivity index (χ2v) is 9.51. The third-order valence-corrected chi connectivity index (χ3v) is 7.99. The molecule has 3 atom stereocenters. The monoisotopic (exact) mass is 438 g/mol. The molecule has 1 aromatic heterocycles. The number of thiazole rings is 1. The number of carbonyl (C=O) groups is 2. The minimum atomic E-state index is -0.612. The predicted octanol–water partition coefficient (Wildman–Crippen LogP) is 3.55. The summed E-state index contributed by atoms with van der Waals surface area (Å²) in [7, 11) is 1.58. The van der Waals surface area contributed by atoms with Crippen molar-refractivity contribution in [3.05, 3.63) is 74.2 Å². The number of anilines is 1. The Morgan fingerprint density at radius 3 is 2.47 bits per heavy atom. The molecule has 152 valence electrons. The second-order valence-electron chi connectivity index (χ2n) is 7.34. The second kappa shape index (κ2) is 7.14. The van der Waals surface area contributed by atoms with Crippen LogP contribution in [0.5, 0.6) is 5.75 Å². The lowest BCUT2D eigenvalue weighted by Crippen LogP contribution is -2.32. The van der Waals surface area contributed by atoms with Crippen molar-refractivity contribution in [1.29, 1.82) is 0 Å². The summed E-state index contributed by atoms with van der Waals surface area (Å²) in [5, 5.41) is 0.0560. The topological polar surface area (TPSA) is 79.5 Å². The predicted molar refractivity (Wildman–Crippen MR) is 117 cm³/mol. The smallest absolute Gasteiger partial charge is 0.305 e. The van der Waals surface area contributed by atoms with Gasteiger partial charge in [0, 0.05) is 16.4 Å². The first-order valence-corrected chi connectivity index (χ1v) is 11.2. The number of aryl methyl sites for hydroxylation is 1. The van der Waals surface area contributed by atoms with Crippen LogP contribution >= 0.6 is 23.1 Å². The normalized spacial score (nSPS) is 22.7. The molecule has 3 aromatic rings. The summed E-state index contributed by atoms with van der Waals surface area (Å²) in [6, 6.07) is 14.8. The number of aromatic nitrogens is 1. The van der Waals surface area contributed by atoms with Gasteiger partial charge in [0.1, 0.15) is 11.0 Å². The average molecular weight is 439 g/mol. The van der Waals surface area contributed by atoms with Crippen LogP contribution in [0.1, 0.15) is 21.9 Å². The number of ether oxygens (including phenoxy) is 1. The van der Waals surface area contributed by atoms with Crippen LogP contribution in [-0.2, 0) is 9.59 Å². The number of H-pyrrole nitrogens is 1. The van der Waals surface area contributed by atoms with Gasteiger partial charge in [0.25, 0.3) is 0 Å².